The maximum absolute atomic E-state index is 10.6. The molecule has 3 nitrogen and oxygen atoms in total. The van der Waals surface area contributed by atoms with Crippen LogP contribution in [0, 0.1) is 5.92 Å². The van der Waals surface area contributed by atoms with Gasteiger partial charge in [0.1, 0.15) is 0 Å². The van der Waals surface area contributed by atoms with E-state index >= 15 is 0 Å². The molecule has 0 radical (unpaired) electrons. The zero-order valence-electron chi connectivity index (χ0n) is 14.2. The summed E-state index contributed by atoms with van der Waals surface area (Å²) in [6.45, 7) is 3.14. The van der Waals surface area contributed by atoms with Crippen LogP contribution in [0.15, 0.2) is 60.7 Å². The predicted molar refractivity (Wildman–Crippen MR) is 98.6 cm³/mol. The molecule has 3 heteroatoms. The molecule has 0 spiro atoms. The summed E-state index contributed by atoms with van der Waals surface area (Å²) in [5.41, 5.74) is 8.56. The van der Waals surface area contributed by atoms with E-state index in [-0.39, 0.29) is 12.1 Å². The molecular weight excluding hydrogens is 296 g/mol. The number of nitrogens with zero attached hydrogens (tertiary/aromatic N) is 1. The highest BCUT2D eigenvalue weighted by Gasteiger charge is 2.26. The third kappa shape index (κ3) is 4.44. The Hall–Kier alpha value is -1.68. The standard InChI is InChI=1S/C21H28N2O/c22-20(17-7-3-1-4-8-17)13-16-23-14-11-19(12-15-23)21(24)18-9-5-2-6-10-18/h1-10,19-21,24H,11-16,22H2. The predicted octanol–water partition coefficient (Wildman–Crippen LogP) is 3.52. The largest absolute Gasteiger partial charge is 0.388 e. The van der Waals surface area contributed by atoms with Gasteiger partial charge in [0.2, 0.25) is 0 Å². The van der Waals surface area contributed by atoms with Gasteiger partial charge in [-0.05, 0) is 55.9 Å². The van der Waals surface area contributed by atoms with Crippen LogP contribution in [-0.4, -0.2) is 29.6 Å². The van der Waals surface area contributed by atoms with Crippen molar-refractivity contribution in [3.8, 4) is 0 Å². The normalized spacial score (nSPS) is 19.1. The molecule has 2 aromatic rings. The number of hydrogen-bond donors (Lipinski definition) is 2. The van der Waals surface area contributed by atoms with E-state index in [9.17, 15) is 5.11 Å². The van der Waals surface area contributed by atoms with Crippen LogP contribution in [0.3, 0.4) is 0 Å². The smallest absolute Gasteiger partial charge is 0.0819 e. The van der Waals surface area contributed by atoms with E-state index in [0.717, 1.165) is 44.5 Å². The number of likely N-dealkylation sites (tertiary alicyclic amines) is 1. The molecule has 2 atom stereocenters. The summed E-state index contributed by atoms with van der Waals surface area (Å²) in [4.78, 5) is 2.48. The van der Waals surface area contributed by atoms with Crippen LogP contribution < -0.4 is 5.73 Å². The van der Waals surface area contributed by atoms with Crippen molar-refractivity contribution in [2.75, 3.05) is 19.6 Å². The van der Waals surface area contributed by atoms with E-state index in [2.05, 4.69) is 17.0 Å². The highest BCUT2D eigenvalue weighted by Crippen LogP contribution is 2.30. The second-order valence-corrected chi connectivity index (χ2v) is 6.84. The van der Waals surface area contributed by atoms with Gasteiger partial charge >= 0.3 is 0 Å². The molecule has 2 unspecified atom stereocenters. The van der Waals surface area contributed by atoms with Crippen molar-refractivity contribution in [2.24, 2.45) is 11.7 Å². The number of hydrogen-bond acceptors (Lipinski definition) is 3. The van der Waals surface area contributed by atoms with Gasteiger partial charge in [0.25, 0.3) is 0 Å². The molecule has 0 aliphatic carbocycles. The zero-order valence-corrected chi connectivity index (χ0v) is 14.2. The summed E-state index contributed by atoms with van der Waals surface area (Å²) in [6, 6.07) is 20.5. The summed E-state index contributed by atoms with van der Waals surface area (Å²) < 4.78 is 0. The van der Waals surface area contributed by atoms with Gasteiger partial charge in [0.05, 0.1) is 6.10 Å². The molecule has 3 rings (SSSR count). The number of piperidine rings is 1. The highest BCUT2D eigenvalue weighted by atomic mass is 16.3. The molecule has 1 aliphatic heterocycles. The van der Waals surface area contributed by atoms with E-state index < -0.39 is 0 Å². The maximum Gasteiger partial charge on any atom is 0.0819 e. The Balaban J connectivity index is 1.44. The van der Waals surface area contributed by atoms with Gasteiger partial charge in [0.15, 0.2) is 0 Å². The van der Waals surface area contributed by atoms with E-state index in [1.807, 2.05) is 48.5 Å². The van der Waals surface area contributed by atoms with Gasteiger partial charge in [-0.15, -0.1) is 0 Å². The van der Waals surface area contributed by atoms with Gasteiger partial charge in [-0.25, -0.2) is 0 Å². The Bertz CT molecular complexity index is 594. The lowest BCUT2D eigenvalue weighted by atomic mass is 9.87. The van der Waals surface area contributed by atoms with Crippen LogP contribution in [-0.2, 0) is 0 Å². The number of nitrogens with two attached hydrogens (primary N) is 1. The Morgan fingerprint density at radius 1 is 0.917 bits per heavy atom. The third-order valence-electron chi connectivity index (χ3n) is 5.20. The Morgan fingerprint density at radius 3 is 2.04 bits per heavy atom. The minimum Gasteiger partial charge on any atom is -0.388 e. The van der Waals surface area contributed by atoms with E-state index in [1.54, 1.807) is 0 Å². The van der Waals surface area contributed by atoms with Crippen LogP contribution in [0.25, 0.3) is 0 Å². The van der Waals surface area contributed by atoms with Crippen molar-refractivity contribution in [1.29, 1.82) is 0 Å². The van der Waals surface area contributed by atoms with Crippen molar-refractivity contribution >= 4 is 0 Å². The SMILES string of the molecule is NC(CCN1CCC(C(O)c2ccccc2)CC1)c1ccccc1. The van der Waals surface area contributed by atoms with Crippen LogP contribution in [0.2, 0.25) is 0 Å². The monoisotopic (exact) mass is 324 g/mol. The average Bonchev–Trinajstić information content (AvgIpc) is 2.67. The zero-order chi connectivity index (χ0) is 16.8. The number of benzene rings is 2. The van der Waals surface area contributed by atoms with E-state index in [1.165, 1.54) is 5.56 Å². The van der Waals surface area contributed by atoms with E-state index in [4.69, 9.17) is 5.73 Å². The fourth-order valence-corrected chi connectivity index (χ4v) is 3.60. The molecule has 1 heterocycles. The first-order valence-electron chi connectivity index (χ1n) is 9.00. The Kier molecular flexibility index (Phi) is 6.02. The van der Waals surface area contributed by atoms with Gasteiger partial charge in [-0.2, -0.15) is 0 Å². The molecule has 2 aromatic carbocycles. The molecule has 1 aliphatic rings. The second kappa shape index (κ2) is 8.43. The van der Waals surface area contributed by atoms with Crippen LogP contribution >= 0.6 is 0 Å². The molecule has 128 valence electrons. The van der Waals surface area contributed by atoms with Crippen LogP contribution in [0.4, 0.5) is 0 Å². The second-order valence-electron chi connectivity index (χ2n) is 6.84. The van der Waals surface area contributed by atoms with Crippen LogP contribution in [0.1, 0.15) is 42.5 Å². The quantitative estimate of drug-likeness (QED) is 0.855. The lowest BCUT2D eigenvalue weighted by Gasteiger charge is -2.34. The summed E-state index contributed by atoms with van der Waals surface area (Å²) >= 11 is 0. The minimum atomic E-state index is -0.333. The van der Waals surface area contributed by atoms with Crippen molar-refractivity contribution in [3.05, 3.63) is 71.8 Å². The lowest BCUT2D eigenvalue weighted by molar-refractivity contribution is 0.0581. The summed E-state index contributed by atoms with van der Waals surface area (Å²) in [7, 11) is 0. The topological polar surface area (TPSA) is 49.5 Å². The first-order valence-corrected chi connectivity index (χ1v) is 9.00. The van der Waals surface area contributed by atoms with Gasteiger partial charge in [0, 0.05) is 6.04 Å². The summed E-state index contributed by atoms with van der Waals surface area (Å²) in [5, 5.41) is 10.6. The molecule has 24 heavy (non-hydrogen) atoms. The van der Waals surface area contributed by atoms with Crippen LogP contribution in [0.5, 0.6) is 0 Å². The summed E-state index contributed by atoms with van der Waals surface area (Å²) in [6.07, 6.45) is 2.75. The molecule has 3 N–H and O–H groups in total. The maximum atomic E-state index is 10.6. The molecule has 0 bridgehead atoms. The first-order chi connectivity index (χ1) is 11.7. The van der Waals surface area contributed by atoms with Gasteiger partial charge in [-0.3, -0.25) is 0 Å². The molecule has 0 aromatic heterocycles. The summed E-state index contributed by atoms with van der Waals surface area (Å²) in [5.74, 6) is 0.367. The lowest BCUT2D eigenvalue weighted by Crippen LogP contribution is -2.37. The van der Waals surface area contributed by atoms with Crippen molar-refractivity contribution in [1.82, 2.24) is 4.90 Å². The van der Waals surface area contributed by atoms with Gasteiger partial charge in [-0.1, -0.05) is 60.7 Å². The first kappa shape index (κ1) is 17.2. The van der Waals surface area contributed by atoms with Crippen molar-refractivity contribution in [2.45, 2.75) is 31.4 Å². The van der Waals surface area contributed by atoms with Gasteiger partial charge < -0.3 is 15.7 Å². The molecule has 1 saturated heterocycles. The average molecular weight is 324 g/mol. The fourth-order valence-electron chi connectivity index (χ4n) is 3.60. The van der Waals surface area contributed by atoms with E-state index in [0.29, 0.717) is 5.92 Å². The number of aliphatic hydroxyl groups excluding tert-OH is 1. The molecule has 0 amide bonds. The minimum absolute atomic E-state index is 0.110. The Morgan fingerprint density at radius 2 is 1.46 bits per heavy atom. The number of rotatable bonds is 6. The molecule has 1 fully saturated rings. The molecule has 0 saturated carbocycles. The number of aliphatic hydroxyl groups is 1. The van der Waals surface area contributed by atoms with Crippen molar-refractivity contribution < 1.29 is 5.11 Å². The molecular formula is C21H28N2O. The highest BCUT2D eigenvalue weighted by molar-refractivity contribution is 5.19. The Labute approximate surface area is 145 Å². The fraction of sp³-hybridized carbons (Fsp3) is 0.429. The van der Waals surface area contributed by atoms with Crippen molar-refractivity contribution in [3.63, 3.8) is 0 Å². The third-order valence-corrected chi connectivity index (χ3v) is 5.20.